The van der Waals surface area contributed by atoms with E-state index in [9.17, 15) is 29.1 Å². The van der Waals surface area contributed by atoms with Crippen molar-refractivity contribution in [3.05, 3.63) is 0 Å². The summed E-state index contributed by atoms with van der Waals surface area (Å²) in [5, 5.41) is 9.35. The van der Waals surface area contributed by atoms with Gasteiger partial charge in [-0.25, -0.2) is 0 Å². The third-order valence-corrected chi connectivity index (χ3v) is 4.11. The summed E-state index contributed by atoms with van der Waals surface area (Å²) in [6.45, 7) is 0. The maximum Gasteiger partial charge on any atom is 0.318 e. The molecule has 6 heteroatoms. The highest BCUT2D eigenvalue weighted by Crippen LogP contribution is 2.47. The minimum absolute atomic E-state index is 0.117. The van der Waals surface area contributed by atoms with E-state index in [1.165, 1.54) is 0 Å². The fraction of sp³-hybridized carbons (Fsp3) is 0.615. The highest BCUT2D eigenvalue weighted by atomic mass is 16.4. The standard InChI is InChI=1S/C13H16O6/c14-6-10-4-2-1-3-5-12(7-15,11(18)19)13(10,8-16)9-17/h6-10H,1-5H2,(H,18,19). The molecule has 1 saturated carbocycles. The summed E-state index contributed by atoms with van der Waals surface area (Å²) in [5.41, 5.74) is -4.26. The first-order valence-electron chi connectivity index (χ1n) is 6.12. The van der Waals surface area contributed by atoms with Crippen molar-refractivity contribution in [1.29, 1.82) is 0 Å². The smallest absolute Gasteiger partial charge is 0.318 e. The third-order valence-electron chi connectivity index (χ3n) is 4.11. The van der Waals surface area contributed by atoms with Gasteiger partial charge in [0, 0.05) is 5.92 Å². The molecule has 1 fully saturated rings. The van der Waals surface area contributed by atoms with Crippen molar-refractivity contribution >= 4 is 31.1 Å². The number of carbonyl (C=O) groups is 5. The van der Waals surface area contributed by atoms with Gasteiger partial charge in [-0.05, 0) is 12.8 Å². The molecule has 2 atom stereocenters. The molecule has 0 radical (unpaired) electrons. The van der Waals surface area contributed by atoms with E-state index in [0.29, 0.717) is 25.5 Å². The van der Waals surface area contributed by atoms with E-state index in [1.807, 2.05) is 0 Å². The first kappa shape index (κ1) is 15.2. The Kier molecular flexibility index (Phi) is 4.69. The zero-order valence-corrected chi connectivity index (χ0v) is 10.4. The lowest BCUT2D eigenvalue weighted by molar-refractivity contribution is -0.170. The van der Waals surface area contributed by atoms with Crippen molar-refractivity contribution in [2.45, 2.75) is 32.1 Å². The van der Waals surface area contributed by atoms with Crippen LogP contribution in [-0.2, 0) is 24.0 Å². The Balaban J connectivity index is 3.53. The van der Waals surface area contributed by atoms with Crippen LogP contribution in [0.5, 0.6) is 0 Å². The average Bonchev–Trinajstić information content (AvgIpc) is 2.40. The van der Waals surface area contributed by atoms with Crippen molar-refractivity contribution in [1.82, 2.24) is 0 Å². The fourth-order valence-electron chi connectivity index (χ4n) is 2.83. The molecule has 1 aliphatic rings. The molecule has 1 aliphatic carbocycles. The number of carboxylic acid groups (broad SMARTS) is 1. The minimum atomic E-state index is -2.15. The van der Waals surface area contributed by atoms with E-state index < -0.39 is 22.7 Å². The lowest BCUT2D eigenvalue weighted by Gasteiger charge is -2.41. The maximum atomic E-state index is 11.5. The number of carboxylic acids is 1. The van der Waals surface area contributed by atoms with Crippen LogP contribution >= 0.6 is 0 Å². The van der Waals surface area contributed by atoms with Crippen LogP contribution in [0.2, 0.25) is 0 Å². The molecular weight excluding hydrogens is 252 g/mol. The van der Waals surface area contributed by atoms with Crippen molar-refractivity contribution < 1.29 is 29.1 Å². The Hall–Kier alpha value is -1.85. The summed E-state index contributed by atoms with van der Waals surface area (Å²) in [4.78, 5) is 56.9. The summed E-state index contributed by atoms with van der Waals surface area (Å²) >= 11 is 0. The lowest BCUT2D eigenvalue weighted by atomic mass is 9.55. The molecule has 0 heterocycles. The maximum absolute atomic E-state index is 11.5. The van der Waals surface area contributed by atoms with E-state index in [1.54, 1.807) is 0 Å². The Morgan fingerprint density at radius 1 is 1.00 bits per heavy atom. The molecule has 104 valence electrons. The molecule has 1 rings (SSSR count). The number of hydrogen-bond donors (Lipinski definition) is 1. The molecule has 0 aromatic heterocycles. The predicted octanol–water partition coefficient (Wildman–Crippen LogP) is 0.420. The molecule has 0 aromatic carbocycles. The van der Waals surface area contributed by atoms with E-state index in [0.717, 1.165) is 0 Å². The van der Waals surface area contributed by atoms with Crippen LogP contribution in [-0.4, -0.2) is 36.2 Å². The van der Waals surface area contributed by atoms with Gasteiger partial charge in [-0.2, -0.15) is 0 Å². The summed E-state index contributed by atoms with van der Waals surface area (Å²) in [7, 11) is 0. The van der Waals surface area contributed by atoms with Gasteiger partial charge in [0.2, 0.25) is 0 Å². The second-order valence-corrected chi connectivity index (χ2v) is 4.90. The molecule has 0 aliphatic heterocycles. The van der Waals surface area contributed by atoms with Crippen molar-refractivity contribution in [3.8, 4) is 0 Å². The van der Waals surface area contributed by atoms with E-state index in [4.69, 9.17) is 0 Å². The summed E-state index contributed by atoms with van der Waals surface area (Å²) in [5.74, 6) is -2.61. The monoisotopic (exact) mass is 268 g/mol. The zero-order chi connectivity index (χ0) is 14.5. The third kappa shape index (κ3) is 2.11. The summed E-state index contributed by atoms with van der Waals surface area (Å²) < 4.78 is 0. The van der Waals surface area contributed by atoms with Gasteiger partial charge in [-0.1, -0.05) is 19.3 Å². The van der Waals surface area contributed by atoms with Gasteiger partial charge in [0.15, 0.2) is 0 Å². The summed E-state index contributed by atoms with van der Waals surface area (Å²) in [6, 6.07) is 0. The Morgan fingerprint density at radius 3 is 2.05 bits per heavy atom. The van der Waals surface area contributed by atoms with Crippen LogP contribution in [0.15, 0.2) is 0 Å². The van der Waals surface area contributed by atoms with Crippen molar-refractivity contribution in [3.63, 3.8) is 0 Å². The summed E-state index contributed by atoms with van der Waals surface area (Å²) in [6.07, 6.45) is 2.66. The van der Waals surface area contributed by atoms with Crippen LogP contribution in [0.3, 0.4) is 0 Å². The van der Waals surface area contributed by atoms with Gasteiger partial charge in [0.1, 0.15) is 36.0 Å². The van der Waals surface area contributed by atoms with Gasteiger partial charge < -0.3 is 24.3 Å². The van der Waals surface area contributed by atoms with Gasteiger partial charge in [0.25, 0.3) is 0 Å². The molecular formula is C13H16O6. The molecule has 0 bridgehead atoms. The first-order valence-corrected chi connectivity index (χ1v) is 6.12. The topological polar surface area (TPSA) is 106 Å². The first-order chi connectivity index (χ1) is 9.04. The van der Waals surface area contributed by atoms with Gasteiger partial charge in [0.05, 0.1) is 0 Å². The number of carbonyl (C=O) groups excluding carboxylic acids is 4. The number of aliphatic carboxylic acids is 1. The van der Waals surface area contributed by atoms with Crippen LogP contribution in [0.4, 0.5) is 0 Å². The second kappa shape index (κ2) is 5.86. The van der Waals surface area contributed by atoms with Gasteiger partial charge >= 0.3 is 5.97 Å². The molecule has 1 N–H and O–H groups in total. The number of rotatable bonds is 5. The normalized spacial score (nSPS) is 30.4. The quantitative estimate of drug-likeness (QED) is 0.572. The molecule has 0 spiro atoms. The molecule has 0 saturated heterocycles. The minimum Gasteiger partial charge on any atom is -0.480 e. The Labute approximate surface area is 110 Å². The largest absolute Gasteiger partial charge is 0.480 e. The van der Waals surface area contributed by atoms with E-state index in [2.05, 4.69) is 0 Å². The number of aldehydes is 4. The molecule has 0 aromatic rings. The molecule has 19 heavy (non-hydrogen) atoms. The van der Waals surface area contributed by atoms with Crippen molar-refractivity contribution in [2.75, 3.05) is 0 Å². The van der Waals surface area contributed by atoms with Crippen LogP contribution in [0.25, 0.3) is 0 Å². The Bertz CT molecular complexity index is 394. The SMILES string of the molecule is O=CC1CCCCCC(C=O)(C(=O)O)C1(C=O)C=O. The molecule has 2 unspecified atom stereocenters. The fourth-order valence-corrected chi connectivity index (χ4v) is 2.83. The second-order valence-electron chi connectivity index (χ2n) is 4.90. The predicted molar refractivity (Wildman–Crippen MR) is 63.3 cm³/mol. The zero-order valence-electron chi connectivity index (χ0n) is 10.4. The highest BCUT2D eigenvalue weighted by molar-refractivity contribution is 6.05. The van der Waals surface area contributed by atoms with Crippen LogP contribution in [0.1, 0.15) is 32.1 Å². The van der Waals surface area contributed by atoms with Crippen LogP contribution < -0.4 is 0 Å². The van der Waals surface area contributed by atoms with E-state index >= 15 is 0 Å². The lowest BCUT2D eigenvalue weighted by Crippen LogP contribution is -2.56. The molecule has 6 nitrogen and oxygen atoms in total. The van der Waals surface area contributed by atoms with Crippen LogP contribution in [0, 0.1) is 16.7 Å². The molecule has 0 amide bonds. The number of hydrogen-bond acceptors (Lipinski definition) is 5. The van der Waals surface area contributed by atoms with Gasteiger partial charge in [-0.3, -0.25) is 4.79 Å². The highest BCUT2D eigenvalue weighted by Gasteiger charge is 2.61. The van der Waals surface area contributed by atoms with E-state index in [-0.39, 0.29) is 31.7 Å². The Morgan fingerprint density at radius 2 is 1.63 bits per heavy atom. The van der Waals surface area contributed by atoms with Crippen molar-refractivity contribution in [2.24, 2.45) is 16.7 Å². The van der Waals surface area contributed by atoms with Gasteiger partial charge in [-0.15, -0.1) is 0 Å². The average molecular weight is 268 g/mol.